The number of benzene rings is 2. The first-order valence-electron chi connectivity index (χ1n) is 6.19. The normalized spacial score (nSPS) is 10.6. The van der Waals surface area contributed by atoms with Crippen LogP contribution in [0.2, 0.25) is 0 Å². The topological polar surface area (TPSA) is 17.1 Å². The van der Waals surface area contributed by atoms with Crippen LogP contribution in [0.1, 0.15) is 21.5 Å². The molecule has 0 N–H and O–H groups in total. The van der Waals surface area contributed by atoms with Crippen LogP contribution in [0.3, 0.4) is 0 Å². The van der Waals surface area contributed by atoms with E-state index in [0.717, 1.165) is 23.3 Å². The number of halogens is 2. The summed E-state index contributed by atoms with van der Waals surface area (Å²) in [5.74, 6) is -1.40. The third-order valence-corrected chi connectivity index (χ3v) is 3.98. The molecule has 0 aromatic heterocycles. The third kappa shape index (κ3) is 3.45. The average Bonchev–Trinajstić information content (AvgIpc) is 2.41. The lowest BCUT2D eigenvalue weighted by Crippen LogP contribution is -2.08. The zero-order chi connectivity index (χ0) is 14.5. The second-order valence-corrected chi connectivity index (χ2v) is 5.42. The lowest BCUT2D eigenvalue weighted by atomic mass is 10.1. The van der Waals surface area contributed by atoms with Crippen LogP contribution in [0, 0.1) is 18.6 Å². The molecule has 0 fully saturated rings. The largest absolute Gasteiger partial charge is 0.293 e. The summed E-state index contributed by atoms with van der Waals surface area (Å²) in [4.78, 5) is 11.9. The fraction of sp³-hybridized carbons (Fsp3) is 0.188. The number of rotatable bonds is 5. The predicted octanol–water partition coefficient (Wildman–Crippen LogP) is 4.39. The molecule has 0 saturated heterocycles. The predicted molar refractivity (Wildman–Crippen MR) is 78.0 cm³/mol. The number of aryl methyl sites for hydroxylation is 1. The van der Waals surface area contributed by atoms with Crippen molar-refractivity contribution < 1.29 is 13.6 Å². The van der Waals surface area contributed by atoms with Crippen LogP contribution >= 0.6 is 11.8 Å². The van der Waals surface area contributed by atoms with E-state index in [1.54, 1.807) is 0 Å². The Morgan fingerprint density at radius 2 is 1.70 bits per heavy atom. The second-order valence-electron chi connectivity index (χ2n) is 4.44. The van der Waals surface area contributed by atoms with Crippen LogP contribution in [0.15, 0.2) is 42.5 Å². The molecule has 0 saturated carbocycles. The molecule has 0 bridgehead atoms. The Morgan fingerprint density at radius 1 is 1.05 bits per heavy atom. The Kier molecular flexibility index (Phi) is 4.90. The smallest absolute Gasteiger partial charge is 0.178 e. The molecule has 0 radical (unpaired) electrons. The van der Waals surface area contributed by atoms with Gasteiger partial charge in [0.05, 0.1) is 11.3 Å². The Hall–Kier alpha value is -1.68. The lowest BCUT2D eigenvalue weighted by molar-refractivity contribution is 0.101. The zero-order valence-corrected chi connectivity index (χ0v) is 11.8. The molecule has 4 heteroatoms. The standard InChI is InChI=1S/C16H14F2OS/c1-11-5-2-3-6-12(11)9-20-10-15(19)16-13(17)7-4-8-14(16)18/h2-8H,9-10H2,1H3. The molecule has 20 heavy (non-hydrogen) atoms. The van der Waals surface area contributed by atoms with Crippen LogP contribution in [0.25, 0.3) is 0 Å². The summed E-state index contributed by atoms with van der Waals surface area (Å²) in [6.07, 6.45) is 0. The SMILES string of the molecule is Cc1ccccc1CSCC(=O)c1c(F)cccc1F. The fourth-order valence-electron chi connectivity index (χ4n) is 1.86. The van der Waals surface area contributed by atoms with E-state index in [9.17, 15) is 13.6 Å². The minimum absolute atomic E-state index is 0.0617. The van der Waals surface area contributed by atoms with Gasteiger partial charge in [0.2, 0.25) is 0 Å². The number of hydrogen-bond donors (Lipinski definition) is 0. The van der Waals surface area contributed by atoms with E-state index in [2.05, 4.69) is 0 Å². The molecule has 0 aliphatic heterocycles. The van der Waals surface area contributed by atoms with E-state index in [-0.39, 0.29) is 5.75 Å². The second kappa shape index (κ2) is 6.66. The Balaban J connectivity index is 1.98. The number of hydrogen-bond acceptors (Lipinski definition) is 2. The van der Waals surface area contributed by atoms with Gasteiger partial charge in [-0.05, 0) is 30.2 Å². The van der Waals surface area contributed by atoms with Crippen LogP contribution in [0.4, 0.5) is 8.78 Å². The van der Waals surface area contributed by atoms with Gasteiger partial charge in [0, 0.05) is 5.75 Å². The lowest BCUT2D eigenvalue weighted by Gasteiger charge is -2.06. The maximum atomic E-state index is 13.4. The molecule has 2 aromatic rings. The molecular weight excluding hydrogens is 278 g/mol. The summed E-state index contributed by atoms with van der Waals surface area (Å²) in [7, 11) is 0. The fourth-order valence-corrected chi connectivity index (χ4v) is 2.84. The molecule has 0 amide bonds. The molecule has 0 aliphatic rings. The zero-order valence-electron chi connectivity index (χ0n) is 11.0. The molecule has 104 valence electrons. The summed E-state index contributed by atoms with van der Waals surface area (Å²) >= 11 is 1.36. The average molecular weight is 292 g/mol. The van der Waals surface area contributed by atoms with Crippen LogP contribution in [-0.2, 0) is 5.75 Å². The van der Waals surface area contributed by atoms with Crippen molar-refractivity contribution in [1.82, 2.24) is 0 Å². The highest BCUT2D eigenvalue weighted by molar-refractivity contribution is 7.99. The molecule has 0 atom stereocenters. The van der Waals surface area contributed by atoms with E-state index in [0.29, 0.717) is 5.75 Å². The number of carbonyl (C=O) groups is 1. The monoisotopic (exact) mass is 292 g/mol. The van der Waals surface area contributed by atoms with E-state index >= 15 is 0 Å². The van der Waals surface area contributed by atoms with Crippen molar-refractivity contribution in [1.29, 1.82) is 0 Å². The Labute approximate surface area is 121 Å². The molecule has 1 nitrogen and oxygen atoms in total. The minimum atomic E-state index is -0.800. The Bertz CT molecular complexity index is 605. The van der Waals surface area contributed by atoms with Crippen LogP contribution in [-0.4, -0.2) is 11.5 Å². The maximum Gasteiger partial charge on any atom is 0.178 e. The van der Waals surface area contributed by atoms with Gasteiger partial charge in [-0.3, -0.25) is 4.79 Å². The number of thioether (sulfide) groups is 1. The summed E-state index contributed by atoms with van der Waals surface area (Å²) in [6, 6.07) is 11.3. The van der Waals surface area contributed by atoms with Crippen molar-refractivity contribution >= 4 is 17.5 Å². The van der Waals surface area contributed by atoms with E-state index < -0.39 is 23.0 Å². The highest BCUT2D eigenvalue weighted by atomic mass is 32.2. The maximum absolute atomic E-state index is 13.4. The van der Waals surface area contributed by atoms with Gasteiger partial charge in [-0.15, -0.1) is 11.8 Å². The van der Waals surface area contributed by atoms with Crippen molar-refractivity contribution in [2.75, 3.05) is 5.75 Å². The molecular formula is C16H14F2OS. The molecule has 0 heterocycles. The van der Waals surface area contributed by atoms with Crippen molar-refractivity contribution in [2.24, 2.45) is 0 Å². The van der Waals surface area contributed by atoms with E-state index in [1.165, 1.54) is 17.8 Å². The van der Waals surface area contributed by atoms with Gasteiger partial charge < -0.3 is 0 Å². The molecule has 0 spiro atoms. The highest BCUT2D eigenvalue weighted by Gasteiger charge is 2.16. The van der Waals surface area contributed by atoms with Gasteiger partial charge in [-0.25, -0.2) is 8.78 Å². The summed E-state index contributed by atoms with van der Waals surface area (Å²) < 4.78 is 26.9. The first-order valence-corrected chi connectivity index (χ1v) is 7.34. The van der Waals surface area contributed by atoms with Crippen molar-refractivity contribution in [3.8, 4) is 0 Å². The Morgan fingerprint density at radius 3 is 2.35 bits per heavy atom. The van der Waals surface area contributed by atoms with Gasteiger partial charge in [0.1, 0.15) is 11.6 Å². The van der Waals surface area contributed by atoms with Gasteiger partial charge in [0.25, 0.3) is 0 Å². The molecule has 2 rings (SSSR count). The quantitative estimate of drug-likeness (QED) is 0.760. The van der Waals surface area contributed by atoms with Crippen LogP contribution < -0.4 is 0 Å². The minimum Gasteiger partial charge on any atom is -0.293 e. The summed E-state index contributed by atoms with van der Waals surface area (Å²) in [5, 5.41) is 0. The summed E-state index contributed by atoms with van der Waals surface area (Å²) in [6.45, 7) is 1.99. The molecule has 2 aromatic carbocycles. The first kappa shape index (κ1) is 14.7. The first-order chi connectivity index (χ1) is 9.59. The molecule has 0 aliphatic carbocycles. The third-order valence-electron chi connectivity index (χ3n) is 2.99. The molecule has 0 unspecified atom stereocenters. The number of carbonyl (C=O) groups excluding carboxylic acids is 1. The number of ketones is 1. The van der Waals surface area contributed by atoms with Gasteiger partial charge in [0.15, 0.2) is 5.78 Å². The highest BCUT2D eigenvalue weighted by Crippen LogP contribution is 2.19. The number of Topliss-reactive ketones (excluding diaryl/α,β-unsaturated/α-hetero) is 1. The van der Waals surface area contributed by atoms with Crippen molar-refractivity contribution in [3.05, 3.63) is 70.8 Å². The van der Waals surface area contributed by atoms with Gasteiger partial charge in [-0.2, -0.15) is 0 Å². The van der Waals surface area contributed by atoms with Gasteiger partial charge >= 0.3 is 0 Å². The van der Waals surface area contributed by atoms with Crippen molar-refractivity contribution in [3.63, 3.8) is 0 Å². The van der Waals surface area contributed by atoms with Crippen molar-refractivity contribution in [2.45, 2.75) is 12.7 Å². The van der Waals surface area contributed by atoms with E-state index in [1.807, 2.05) is 31.2 Å². The van der Waals surface area contributed by atoms with Gasteiger partial charge in [-0.1, -0.05) is 30.3 Å². The summed E-state index contributed by atoms with van der Waals surface area (Å²) in [5.41, 5.74) is 1.83. The van der Waals surface area contributed by atoms with Crippen LogP contribution in [0.5, 0.6) is 0 Å². The van der Waals surface area contributed by atoms with E-state index in [4.69, 9.17) is 0 Å².